The van der Waals surface area contributed by atoms with E-state index in [-0.39, 0.29) is 5.82 Å². The summed E-state index contributed by atoms with van der Waals surface area (Å²) >= 11 is 0. The number of benzene rings is 2. The third-order valence-electron chi connectivity index (χ3n) is 6.51. The molecular formula is C25H35FN4. The highest BCUT2D eigenvalue weighted by Crippen LogP contribution is 2.26. The highest BCUT2D eigenvalue weighted by Gasteiger charge is 2.18. The molecule has 0 atom stereocenters. The lowest BCUT2D eigenvalue weighted by atomic mass is 10.1. The fourth-order valence-electron chi connectivity index (χ4n) is 4.59. The van der Waals surface area contributed by atoms with E-state index in [0.717, 1.165) is 57.1 Å². The Hall–Kier alpha value is -1.95. The van der Waals surface area contributed by atoms with Crippen molar-refractivity contribution in [2.45, 2.75) is 39.4 Å². The molecule has 1 N–H and O–H groups in total. The van der Waals surface area contributed by atoms with Crippen molar-refractivity contribution < 1.29 is 4.39 Å². The molecule has 4 rings (SSSR count). The molecule has 2 aliphatic heterocycles. The van der Waals surface area contributed by atoms with Gasteiger partial charge in [0.25, 0.3) is 0 Å². The van der Waals surface area contributed by atoms with Crippen molar-refractivity contribution in [2.75, 3.05) is 50.7 Å². The number of nitrogens with zero attached hydrogens (tertiary/aromatic N) is 3. The number of anilines is 1. The number of nitrogens with one attached hydrogen (secondary N) is 1. The first-order valence-corrected chi connectivity index (χ1v) is 11.5. The van der Waals surface area contributed by atoms with Gasteiger partial charge in [0.1, 0.15) is 5.82 Å². The Bertz CT molecular complexity index is 793. The number of halogens is 1. The summed E-state index contributed by atoms with van der Waals surface area (Å²) in [5, 5.41) is 3.45. The van der Waals surface area contributed by atoms with Crippen LogP contribution in [0.4, 0.5) is 10.1 Å². The van der Waals surface area contributed by atoms with Gasteiger partial charge in [-0.3, -0.25) is 4.90 Å². The van der Waals surface area contributed by atoms with Crippen LogP contribution in [-0.4, -0.2) is 55.6 Å². The number of rotatable bonds is 8. The molecule has 0 amide bonds. The minimum Gasteiger partial charge on any atom is -0.371 e. The third-order valence-corrected chi connectivity index (χ3v) is 6.51. The van der Waals surface area contributed by atoms with Crippen LogP contribution >= 0.6 is 0 Å². The van der Waals surface area contributed by atoms with Gasteiger partial charge in [0, 0.05) is 70.2 Å². The van der Waals surface area contributed by atoms with Crippen molar-refractivity contribution in [3.05, 3.63) is 65.0 Å². The van der Waals surface area contributed by atoms with Gasteiger partial charge in [-0.05, 0) is 42.6 Å². The SMILES string of the molecule is CCN1CCN(Cc2ccc(CNCc3c(F)cccc3N3CCCC3)cc2)CC1. The van der Waals surface area contributed by atoms with Gasteiger partial charge in [0.15, 0.2) is 0 Å². The second kappa shape index (κ2) is 10.4. The molecule has 4 nitrogen and oxygen atoms in total. The van der Waals surface area contributed by atoms with E-state index >= 15 is 0 Å². The van der Waals surface area contributed by atoms with Crippen LogP contribution in [0.5, 0.6) is 0 Å². The standard InChI is InChI=1S/C25H35FN4/c1-2-28-14-16-29(17-15-28)20-22-10-8-21(9-11-22)18-27-19-23-24(26)6-5-7-25(23)30-12-3-4-13-30/h5-11,27H,2-4,12-20H2,1H3. The summed E-state index contributed by atoms with van der Waals surface area (Å²) in [5.41, 5.74) is 4.46. The predicted molar refractivity (Wildman–Crippen MR) is 122 cm³/mol. The maximum Gasteiger partial charge on any atom is 0.129 e. The smallest absolute Gasteiger partial charge is 0.129 e. The highest BCUT2D eigenvalue weighted by atomic mass is 19.1. The van der Waals surface area contributed by atoms with Gasteiger partial charge in [-0.25, -0.2) is 4.39 Å². The number of hydrogen-bond acceptors (Lipinski definition) is 4. The van der Waals surface area contributed by atoms with Gasteiger partial charge in [-0.1, -0.05) is 37.3 Å². The van der Waals surface area contributed by atoms with Crippen LogP contribution in [0.2, 0.25) is 0 Å². The topological polar surface area (TPSA) is 21.8 Å². The zero-order chi connectivity index (χ0) is 20.8. The number of piperazine rings is 1. The molecule has 5 heteroatoms. The molecule has 0 spiro atoms. The van der Waals surface area contributed by atoms with Crippen molar-refractivity contribution in [2.24, 2.45) is 0 Å². The fourth-order valence-corrected chi connectivity index (χ4v) is 4.59. The van der Waals surface area contributed by atoms with E-state index in [0.29, 0.717) is 6.54 Å². The number of likely N-dealkylation sites (N-methyl/N-ethyl adjacent to an activating group) is 1. The Morgan fingerprint density at radius 3 is 2.17 bits per heavy atom. The van der Waals surface area contributed by atoms with E-state index in [1.807, 2.05) is 6.07 Å². The van der Waals surface area contributed by atoms with Crippen LogP contribution in [-0.2, 0) is 19.6 Å². The van der Waals surface area contributed by atoms with Crippen molar-refractivity contribution in [3.8, 4) is 0 Å². The third kappa shape index (κ3) is 5.39. The van der Waals surface area contributed by atoms with Gasteiger partial charge in [-0.15, -0.1) is 0 Å². The van der Waals surface area contributed by atoms with Crippen LogP contribution in [0.15, 0.2) is 42.5 Å². The van der Waals surface area contributed by atoms with Crippen LogP contribution in [0.1, 0.15) is 36.5 Å². The molecule has 0 saturated carbocycles. The van der Waals surface area contributed by atoms with Gasteiger partial charge in [0.05, 0.1) is 0 Å². The Labute approximate surface area is 180 Å². The van der Waals surface area contributed by atoms with E-state index in [2.05, 4.69) is 57.3 Å². The maximum atomic E-state index is 14.5. The van der Waals surface area contributed by atoms with Crippen molar-refractivity contribution in [1.29, 1.82) is 0 Å². The number of hydrogen-bond donors (Lipinski definition) is 1. The lowest BCUT2D eigenvalue weighted by Crippen LogP contribution is -2.45. The van der Waals surface area contributed by atoms with E-state index in [1.165, 1.54) is 37.1 Å². The monoisotopic (exact) mass is 410 g/mol. The summed E-state index contributed by atoms with van der Waals surface area (Å²) in [4.78, 5) is 7.36. The van der Waals surface area contributed by atoms with Crippen LogP contribution < -0.4 is 10.2 Å². The Balaban J connectivity index is 1.28. The second-order valence-corrected chi connectivity index (χ2v) is 8.56. The molecular weight excluding hydrogens is 375 g/mol. The molecule has 2 aromatic rings. The molecule has 0 bridgehead atoms. The minimum absolute atomic E-state index is 0.106. The van der Waals surface area contributed by atoms with Gasteiger partial charge >= 0.3 is 0 Å². The van der Waals surface area contributed by atoms with Crippen molar-refractivity contribution in [1.82, 2.24) is 15.1 Å². The Kier molecular flexibility index (Phi) is 7.37. The molecule has 2 fully saturated rings. The molecule has 0 unspecified atom stereocenters. The zero-order valence-corrected chi connectivity index (χ0v) is 18.2. The average molecular weight is 411 g/mol. The Morgan fingerprint density at radius 2 is 1.47 bits per heavy atom. The predicted octanol–water partition coefficient (Wildman–Crippen LogP) is 3.85. The lowest BCUT2D eigenvalue weighted by Gasteiger charge is -2.34. The normalized spacial score (nSPS) is 18.3. The lowest BCUT2D eigenvalue weighted by molar-refractivity contribution is 0.132. The molecule has 2 heterocycles. The molecule has 2 aliphatic rings. The van der Waals surface area contributed by atoms with Gasteiger partial charge in [-0.2, -0.15) is 0 Å². The summed E-state index contributed by atoms with van der Waals surface area (Å²) in [6.07, 6.45) is 2.40. The molecule has 30 heavy (non-hydrogen) atoms. The van der Waals surface area contributed by atoms with E-state index in [1.54, 1.807) is 6.07 Å². The van der Waals surface area contributed by atoms with Crippen molar-refractivity contribution in [3.63, 3.8) is 0 Å². The summed E-state index contributed by atoms with van der Waals surface area (Å²) in [7, 11) is 0. The van der Waals surface area contributed by atoms with E-state index in [9.17, 15) is 4.39 Å². The highest BCUT2D eigenvalue weighted by molar-refractivity contribution is 5.54. The zero-order valence-electron chi connectivity index (χ0n) is 18.2. The molecule has 2 aromatic carbocycles. The average Bonchev–Trinajstić information content (AvgIpc) is 3.31. The molecule has 2 saturated heterocycles. The van der Waals surface area contributed by atoms with Crippen LogP contribution in [0.3, 0.4) is 0 Å². The van der Waals surface area contributed by atoms with E-state index in [4.69, 9.17) is 0 Å². The first-order chi connectivity index (χ1) is 14.7. The van der Waals surface area contributed by atoms with Gasteiger partial charge < -0.3 is 15.1 Å². The van der Waals surface area contributed by atoms with Crippen molar-refractivity contribution >= 4 is 5.69 Å². The molecule has 0 aliphatic carbocycles. The largest absolute Gasteiger partial charge is 0.371 e. The van der Waals surface area contributed by atoms with E-state index < -0.39 is 0 Å². The summed E-state index contributed by atoms with van der Waals surface area (Å²) in [6, 6.07) is 14.3. The van der Waals surface area contributed by atoms with Gasteiger partial charge in [0.2, 0.25) is 0 Å². The summed E-state index contributed by atoms with van der Waals surface area (Å²) < 4.78 is 14.5. The quantitative estimate of drug-likeness (QED) is 0.713. The first-order valence-electron chi connectivity index (χ1n) is 11.5. The maximum absolute atomic E-state index is 14.5. The molecule has 162 valence electrons. The molecule has 0 aromatic heterocycles. The minimum atomic E-state index is -0.106. The summed E-state index contributed by atoms with van der Waals surface area (Å²) in [5.74, 6) is -0.106. The summed E-state index contributed by atoms with van der Waals surface area (Å²) in [6.45, 7) is 12.5. The van der Waals surface area contributed by atoms with Crippen LogP contribution in [0.25, 0.3) is 0 Å². The fraction of sp³-hybridized carbons (Fsp3) is 0.520. The Morgan fingerprint density at radius 1 is 0.800 bits per heavy atom. The van der Waals surface area contributed by atoms with Crippen LogP contribution in [0, 0.1) is 5.82 Å². The second-order valence-electron chi connectivity index (χ2n) is 8.56. The molecule has 0 radical (unpaired) electrons. The first kappa shape index (κ1) is 21.3.